The molecule has 6 heteroatoms. The van der Waals surface area contributed by atoms with Gasteiger partial charge in [-0.3, -0.25) is 0 Å². The van der Waals surface area contributed by atoms with Crippen molar-refractivity contribution in [3.05, 3.63) is 64.7 Å². The van der Waals surface area contributed by atoms with Gasteiger partial charge in [-0.05, 0) is 24.3 Å². The quantitative estimate of drug-likeness (QED) is 0.692. The molecule has 106 valence electrons. The van der Waals surface area contributed by atoms with E-state index < -0.39 is 34.9 Å². The Morgan fingerprint density at radius 3 is 2.30 bits per heavy atom. The standard InChI is InChI=1S/C14H10F4O2/c1-20-11-5-2-7(15)6-9(11)14(19)8-3-4-10(16)13(18)12(8)17/h2-6,14,19H,1H3. The maximum atomic E-state index is 13.6. The molecule has 2 aromatic carbocycles. The van der Waals surface area contributed by atoms with Gasteiger partial charge in [0.2, 0.25) is 0 Å². The van der Waals surface area contributed by atoms with Crippen molar-refractivity contribution in [2.45, 2.75) is 6.10 Å². The first kappa shape index (κ1) is 14.3. The number of rotatable bonds is 3. The summed E-state index contributed by atoms with van der Waals surface area (Å²) in [5, 5.41) is 10.0. The van der Waals surface area contributed by atoms with Crippen LogP contribution in [0.3, 0.4) is 0 Å². The fraction of sp³-hybridized carbons (Fsp3) is 0.143. The summed E-state index contributed by atoms with van der Waals surface area (Å²) in [5.74, 6) is -5.17. The van der Waals surface area contributed by atoms with Crippen molar-refractivity contribution >= 4 is 0 Å². The van der Waals surface area contributed by atoms with Crippen molar-refractivity contribution < 1.29 is 27.4 Å². The van der Waals surface area contributed by atoms with E-state index >= 15 is 0 Å². The third kappa shape index (κ3) is 2.46. The minimum atomic E-state index is -1.70. The second-order valence-corrected chi connectivity index (χ2v) is 4.05. The first-order valence-corrected chi connectivity index (χ1v) is 5.60. The van der Waals surface area contributed by atoms with Crippen LogP contribution in [0.5, 0.6) is 5.75 Å². The molecular formula is C14H10F4O2. The Balaban J connectivity index is 2.54. The Labute approximate surface area is 112 Å². The first-order valence-electron chi connectivity index (χ1n) is 5.60. The van der Waals surface area contributed by atoms with Crippen molar-refractivity contribution in [1.29, 1.82) is 0 Å². The number of benzene rings is 2. The van der Waals surface area contributed by atoms with Crippen LogP contribution >= 0.6 is 0 Å². The van der Waals surface area contributed by atoms with E-state index in [9.17, 15) is 22.7 Å². The highest BCUT2D eigenvalue weighted by molar-refractivity contribution is 5.41. The van der Waals surface area contributed by atoms with Gasteiger partial charge in [0, 0.05) is 11.1 Å². The van der Waals surface area contributed by atoms with Gasteiger partial charge in [-0.1, -0.05) is 6.07 Å². The zero-order chi connectivity index (χ0) is 14.9. The van der Waals surface area contributed by atoms with Crippen LogP contribution in [0, 0.1) is 23.3 Å². The van der Waals surface area contributed by atoms with E-state index in [1.165, 1.54) is 13.2 Å². The minimum absolute atomic E-state index is 0.0857. The monoisotopic (exact) mass is 286 g/mol. The van der Waals surface area contributed by atoms with E-state index in [2.05, 4.69) is 0 Å². The SMILES string of the molecule is COc1ccc(F)cc1C(O)c1ccc(F)c(F)c1F. The number of hydrogen-bond donors (Lipinski definition) is 1. The van der Waals surface area contributed by atoms with E-state index in [1.54, 1.807) is 0 Å². The summed E-state index contributed by atoms with van der Waals surface area (Å²) in [6, 6.07) is 4.85. The van der Waals surface area contributed by atoms with Crippen LogP contribution in [0.15, 0.2) is 30.3 Å². The van der Waals surface area contributed by atoms with Crippen LogP contribution in [-0.4, -0.2) is 12.2 Å². The number of aliphatic hydroxyl groups is 1. The lowest BCUT2D eigenvalue weighted by molar-refractivity contribution is 0.207. The average molecular weight is 286 g/mol. The molecule has 2 nitrogen and oxygen atoms in total. The van der Waals surface area contributed by atoms with Gasteiger partial charge in [-0.25, -0.2) is 17.6 Å². The average Bonchev–Trinajstić information content (AvgIpc) is 2.44. The summed E-state index contributed by atoms with van der Waals surface area (Å²) in [6.07, 6.45) is -1.68. The second-order valence-electron chi connectivity index (χ2n) is 4.05. The molecule has 0 aliphatic heterocycles. The lowest BCUT2D eigenvalue weighted by atomic mass is 9.99. The highest BCUT2D eigenvalue weighted by Crippen LogP contribution is 2.32. The van der Waals surface area contributed by atoms with Gasteiger partial charge < -0.3 is 9.84 Å². The lowest BCUT2D eigenvalue weighted by Gasteiger charge is -2.16. The molecule has 0 saturated heterocycles. The Kier molecular flexibility index (Phi) is 3.94. The van der Waals surface area contributed by atoms with Crippen LogP contribution in [-0.2, 0) is 0 Å². The largest absolute Gasteiger partial charge is 0.496 e. The van der Waals surface area contributed by atoms with E-state index in [4.69, 9.17) is 4.74 Å². The molecule has 0 spiro atoms. The molecule has 2 rings (SSSR count). The Morgan fingerprint density at radius 2 is 1.65 bits per heavy atom. The van der Waals surface area contributed by atoms with Crippen molar-refractivity contribution in [3.63, 3.8) is 0 Å². The highest BCUT2D eigenvalue weighted by Gasteiger charge is 2.23. The molecule has 0 amide bonds. The fourth-order valence-corrected chi connectivity index (χ4v) is 1.84. The maximum absolute atomic E-state index is 13.6. The molecule has 1 atom stereocenters. The number of halogens is 4. The van der Waals surface area contributed by atoms with Gasteiger partial charge in [0.1, 0.15) is 17.7 Å². The minimum Gasteiger partial charge on any atom is -0.496 e. The summed E-state index contributed by atoms with van der Waals surface area (Å²) in [5.41, 5.74) is -0.592. The molecule has 0 heterocycles. The topological polar surface area (TPSA) is 29.5 Å². The molecule has 0 radical (unpaired) electrons. The van der Waals surface area contributed by atoms with Gasteiger partial charge in [0.05, 0.1) is 7.11 Å². The van der Waals surface area contributed by atoms with E-state index in [0.29, 0.717) is 6.07 Å². The fourth-order valence-electron chi connectivity index (χ4n) is 1.84. The van der Waals surface area contributed by atoms with E-state index in [1.807, 2.05) is 0 Å². The van der Waals surface area contributed by atoms with Gasteiger partial charge in [0.25, 0.3) is 0 Å². The molecule has 0 saturated carbocycles. The van der Waals surface area contributed by atoms with Crippen LogP contribution in [0.4, 0.5) is 17.6 Å². The van der Waals surface area contributed by atoms with Crippen LogP contribution in [0.1, 0.15) is 17.2 Å². The maximum Gasteiger partial charge on any atom is 0.194 e. The molecule has 1 N–H and O–H groups in total. The molecule has 1 unspecified atom stereocenters. The van der Waals surface area contributed by atoms with Crippen molar-refractivity contribution in [2.24, 2.45) is 0 Å². The van der Waals surface area contributed by atoms with Gasteiger partial charge >= 0.3 is 0 Å². The van der Waals surface area contributed by atoms with Gasteiger partial charge in [0.15, 0.2) is 17.5 Å². The zero-order valence-electron chi connectivity index (χ0n) is 10.3. The predicted octanol–water partition coefficient (Wildman–Crippen LogP) is 3.33. The van der Waals surface area contributed by atoms with Crippen LogP contribution < -0.4 is 4.74 Å². The summed E-state index contributed by atoms with van der Waals surface area (Å²) >= 11 is 0. The van der Waals surface area contributed by atoms with Gasteiger partial charge in [-0.2, -0.15) is 0 Å². The third-order valence-electron chi connectivity index (χ3n) is 2.85. The molecule has 2 aromatic rings. The summed E-state index contributed by atoms with van der Waals surface area (Å²) in [6.45, 7) is 0. The highest BCUT2D eigenvalue weighted by atomic mass is 19.2. The van der Waals surface area contributed by atoms with Crippen molar-refractivity contribution in [2.75, 3.05) is 7.11 Å². The molecule has 20 heavy (non-hydrogen) atoms. The molecule has 0 fully saturated rings. The first-order chi connectivity index (χ1) is 9.45. The Morgan fingerprint density at radius 1 is 0.950 bits per heavy atom. The smallest absolute Gasteiger partial charge is 0.194 e. The van der Waals surface area contributed by atoms with Crippen LogP contribution in [0.2, 0.25) is 0 Å². The number of aliphatic hydroxyl groups excluding tert-OH is 1. The Bertz CT molecular complexity index is 643. The normalized spacial score (nSPS) is 12.3. The summed E-state index contributed by atoms with van der Waals surface area (Å²) in [7, 11) is 1.28. The lowest BCUT2D eigenvalue weighted by Crippen LogP contribution is -2.07. The number of methoxy groups -OCH3 is 1. The zero-order valence-corrected chi connectivity index (χ0v) is 10.3. The molecular weight excluding hydrogens is 276 g/mol. The van der Waals surface area contributed by atoms with Gasteiger partial charge in [-0.15, -0.1) is 0 Å². The molecule has 0 aliphatic rings. The molecule has 0 bridgehead atoms. The van der Waals surface area contributed by atoms with Crippen molar-refractivity contribution in [3.8, 4) is 5.75 Å². The van der Waals surface area contributed by atoms with E-state index in [-0.39, 0.29) is 11.3 Å². The summed E-state index contributed by atoms with van der Waals surface area (Å²) < 4.78 is 57.8. The Hall–Kier alpha value is -2.08. The predicted molar refractivity (Wildman–Crippen MR) is 63.3 cm³/mol. The van der Waals surface area contributed by atoms with E-state index in [0.717, 1.165) is 18.2 Å². The summed E-state index contributed by atoms with van der Waals surface area (Å²) in [4.78, 5) is 0. The third-order valence-corrected chi connectivity index (χ3v) is 2.85. The van der Waals surface area contributed by atoms with Crippen molar-refractivity contribution in [1.82, 2.24) is 0 Å². The van der Waals surface area contributed by atoms with Crippen LogP contribution in [0.25, 0.3) is 0 Å². The number of ether oxygens (including phenoxy) is 1. The molecule has 0 aromatic heterocycles. The molecule has 0 aliphatic carbocycles. The number of hydrogen-bond acceptors (Lipinski definition) is 2. The second kappa shape index (κ2) is 5.50.